The third-order valence-corrected chi connectivity index (χ3v) is 5.23. The first-order chi connectivity index (χ1) is 16.4. The van der Waals surface area contributed by atoms with Crippen molar-refractivity contribution in [3.63, 3.8) is 0 Å². The summed E-state index contributed by atoms with van der Waals surface area (Å²) in [4.78, 5) is 49.1. The van der Waals surface area contributed by atoms with Gasteiger partial charge in [0, 0.05) is 16.8 Å². The maximum Gasteiger partial charge on any atom is 0.348 e. The third kappa shape index (κ3) is 5.81. The molecule has 2 atom stereocenters. The first-order valence-corrected chi connectivity index (χ1v) is 10.3. The molecule has 2 unspecified atom stereocenters. The van der Waals surface area contributed by atoms with E-state index in [4.69, 9.17) is 5.73 Å². The lowest BCUT2D eigenvalue weighted by Crippen LogP contribution is -2.71. The van der Waals surface area contributed by atoms with Crippen LogP contribution in [0, 0.1) is 13.8 Å². The standard InChI is InChI=1S/C20H18O8.C6H7N.H2O/c1-11-3-7-13(8-4-11)15(21)19(27,17(23)24)20(28,18(25)26)16(22)14-9-5-12(2)6-10-14;7-6-4-2-1-3-5-6;/h3-10,27-28H,1-2H3,(H,23,24)(H,25,26);1-5H,7H2;1H2. The number of aliphatic carboxylic acids is 2. The molecule has 0 amide bonds. The summed E-state index contributed by atoms with van der Waals surface area (Å²) in [6.45, 7) is 3.37. The van der Waals surface area contributed by atoms with Gasteiger partial charge in [-0.05, 0) is 26.0 Å². The fourth-order valence-corrected chi connectivity index (χ4v) is 3.11. The molecule has 0 aliphatic carbocycles. The lowest BCUT2D eigenvalue weighted by molar-refractivity contribution is -0.187. The van der Waals surface area contributed by atoms with Gasteiger partial charge in [0.2, 0.25) is 11.6 Å². The highest BCUT2D eigenvalue weighted by molar-refractivity contribution is 6.28. The van der Waals surface area contributed by atoms with E-state index in [1.807, 2.05) is 30.3 Å². The Labute approximate surface area is 206 Å². The summed E-state index contributed by atoms with van der Waals surface area (Å²) in [5.74, 6) is -8.01. The van der Waals surface area contributed by atoms with Crippen LogP contribution < -0.4 is 5.73 Å². The molecule has 3 aromatic carbocycles. The van der Waals surface area contributed by atoms with Crippen molar-refractivity contribution in [2.24, 2.45) is 0 Å². The number of para-hydroxylation sites is 1. The normalized spacial score (nSPS) is 13.4. The van der Waals surface area contributed by atoms with Crippen LogP contribution in [0.15, 0.2) is 78.9 Å². The molecule has 0 fully saturated rings. The summed E-state index contributed by atoms with van der Waals surface area (Å²) < 4.78 is 0. The molecule has 3 aromatic rings. The highest BCUT2D eigenvalue weighted by Gasteiger charge is 2.69. The zero-order valence-corrected chi connectivity index (χ0v) is 19.5. The zero-order chi connectivity index (χ0) is 26.4. The SMILES string of the molecule is Cc1ccc(C(=O)C(O)(C(=O)O)C(O)(C(=O)O)C(=O)c2ccc(C)cc2)cc1.Nc1ccccc1.O. The fourth-order valence-electron chi connectivity index (χ4n) is 3.11. The van der Waals surface area contributed by atoms with Crippen molar-refractivity contribution in [3.8, 4) is 0 Å². The summed E-state index contributed by atoms with van der Waals surface area (Å²) in [6.07, 6.45) is 0. The van der Waals surface area contributed by atoms with E-state index in [-0.39, 0.29) is 16.6 Å². The van der Waals surface area contributed by atoms with E-state index < -0.39 is 34.7 Å². The average Bonchev–Trinajstić information content (AvgIpc) is 2.83. The van der Waals surface area contributed by atoms with Gasteiger partial charge in [0.05, 0.1) is 0 Å². The van der Waals surface area contributed by atoms with Crippen molar-refractivity contribution in [1.29, 1.82) is 0 Å². The molecule has 3 rings (SSSR count). The van der Waals surface area contributed by atoms with Gasteiger partial charge in [-0.2, -0.15) is 0 Å². The molecule has 0 spiro atoms. The second kappa shape index (κ2) is 11.8. The van der Waals surface area contributed by atoms with Gasteiger partial charge >= 0.3 is 11.9 Å². The van der Waals surface area contributed by atoms with Crippen molar-refractivity contribution in [2.45, 2.75) is 25.0 Å². The van der Waals surface area contributed by atoms with E-state index in [1.54, 1.807) is 13.8 Å². The number of carbonyl (C=O) groups excluding carboxylic acids is 2. The number of hydrogen-bond acceptors (Lipinski definition) is 7. The summed E-state index contributed by atoms with van der Waals surface area (Å²) in [5.41, 5.74) is -1.09. The fraction of sp³-hybridized carbons (Fsp3) is 0.154. The molecule has 0 aliphatic rings. The Kier molecular flexibility index (Phi) is 9.76. The Morgan fingerprint density at radius 3 is 1.14 bits per heavy atom. The highest BCUT2D eigenvalue weighted by atomic mass is 16.5. The number of Topliss-reactive ketones (excluding diaryl/α,β-unsaturated/α-hetero) is 2. The Balaban J connectivity index is 0.000000696. The lowest BCUT2D eigenvalue weighted by atomic mass is 9.73. The van der Waals surface area contributed by atoms with Crippen LogP contribution >= 0.6 is 0 Å². The first kappa shape index (κ1) is 29.7. The number of aryl methyl sites for hydroxylation is 2. The lowest BCUT2D eigenvalue weighted by Gasteiger charge is -2.34. The minimum absolute atomic E-state index is 0. The van der Waals surface area contributed by atoms with Crippen LogP contribution in [-0.4, -0.2) is 60.6 Å². The van der Waals surface area contributed by atoms with Crippen LogP contribution in [0.3, 0.4) is 0 Å². The quantitative estimate of drug-likeness (QED) is 0.181. The summed E-state index contributed by atoms with van der Waals surface area (Å²) in [5, 5.41) is 40.3. The van der Waals surface area contributed by atoms with E-state index in [9.17, 15) is 39.6 Å². The van der Waals surface area contributed by atoms with Crippen LogP contribution in [0.5, 0.6) is 0 Å². The predicted octanol–water partition coefficient (Wildman–Crippen LogP) is 1.44. The van der Waals surface area contributed by atoms with Gasteiger partial charge < -0.3 is 31.6 Å². The van der Waals surface area contributed by atoms with Crippen molar-refractivity contribution < 1.29 is 45.1 Å². The minimum atomic E-state index is -3.96. The molecule has 10 nitrogen and oxygen atoms in total. The molecule has 10 heteroatoms. The van der Waals surface area contributed by atoms with Crippen molar-refractivity contribution in [1.82, 2.24) is 0 Å². The summed E-state index contributed by atoms with van der Waals surface area (Å²) in [7, 11) is 0. The molecule has 0 heterocycles. The van der Waals surface area contributed by atoms with Gasteiger partial charge in [-0.15, -0.1) is 0 Å². The predicted molar refractivity (Wildman–Crippen MR) is 131 cm³/mol. The van der Waals surface area contributed by atoms with Gasteiger partial charge in [0.15, 0.2) is 0 Å². The number of nitrogen functional groups attached to an aromatic ring is 1. The van der Waals surface area contributed by atoms with Crippen LogP contribution in [0.4, 0.5) is 5.69 Å². The second-order valence-corrected chi connectivity index (χ2v) is 7.83. The monoisotopic (exact) mass is 497 g/mol. The molecular weight excluding hydrogens is 470 g/mol. The molecule has 36 heavy (non-hydrogen) atoms. The van der Waals surface area contributed by atoms with E-state index in [2.05, 4.69) is 0 Å². The second-order valence-electron chi connectivity index (χ2n) is 7.83. The number of ketones is 2. The maximum atomic E-state index is 12.8. The molecule has 8 N–H and O–H groups in total. The maximum absolute atomic E-state index is 12.8. The molecule has 0 saturated carbocycles. The molecule has 0 bridgehead atoms. The number of aliphatic hydroxyl groups is 2. The number of nitrogens with two attached hydrogens (primary N) is 1. The van der Waals surface area contributed by atoms with Crippen LogP contribution in [0.2, 0.25) is 0 Å². The molecular formula is C26H27NO9. The smallest absolute Gasteiger partial charge is 0.348 e. The number of carbonyl (C=O) groups is 4. The molecule has 0 aromatic heterocycles. The van der Waals surface area contributed by atoms with Gasteiger partial charge in [-0.3, -0.25) is 9.59 Å². The number of rotatable bonds is 7. The van der Waals surface area contributed by atoms with E-state index in [0.717, 1.165) is 30.0 Å². The Morgan fingerprint density at radius 1 is 0.611 bits per heavy atom. The Morgan fingerprint density at radius 2 is 0.917 bits per heavy atom. The third-order valence-electron chi connectivity index (χ3n) is 5.23. The minimum Gasteiger partial charge on any atom is -0.479 e. The molecule has 0 aliphatic heterocycles. The molecule has 0 saturated heterocycles. The highest BCUT2D eigenvalue weighted by Crippen LogP contribution is 2.32. The molecule has 0 radical (unpaired) electrons. The molecule has 190 valence electrons. The van der Waals surface area contributed by atoms with Crippen LogP contribution in [0.25, 0.3) is 0 Å². The summed E-state index contributed by atoms with van der Waals surface area (Å²) >= 11 is 0. The number of anilines is 1. The van der Waals surface area contributed by atoms with Gasteiger partial charge in [0.25, 0.3) is 11.2 Å². The number of benzene rings is 3. The average molecular weight is 498 g/mol. The topological polar surface area (TPSA) is 207 Å². The number of carboxylic acid groups (broad SMARTS) is 2. The summed E-state index contributed by atoms with van der Waals surface area (Å²) in [6, 6.07) is 19.8. The largest absolute Gasteiger partial charge is 0.479 e. The van der Waals surface area contributed by atoms with Crippen molar-refractivity contribution >= 4 is 29.2 Å². The first-order valence-electron chi connectivity index (χ1n) is 10.3. The van der Waals surface area contributed by atoms with E-state index >= 15 is 0 Å². The van der Waals surface area contributed by atoms with Gasteiger partial charge in [-0.25, -0.2) is 9.59 Å². The van der Waals surface area contributed by atoms with Gasteiger partial charge in [-0.1, -0.05) is 77.9 Å². The van der Waals surface area contributed by atoms with Crippen LogP contribution in [0.1, 0.15) is 31.8 Å². The Hall–Kier alpha value is -4.38. The van der Waals surface area contributed by atoms with Crippen molar-refractivity contribution in [2.75, 3.05) is 5.73 Å². The zero-order valence-electron chi connectivity index (χ0n) is 19.5. The van der Waals surface area contributed by atoms with E-state index in [0.29, 0.717) is 11.1 Å². The van der Waals surface area contributed by atoms with Crippen molar-refractivity contribution in [3.05, 3.63) is 101 Å². The van der Waals surface area contributed by atoms with Crippen LogP contribution in [-0.2, 0) is 9.59 Å². The van der Waals surface area contributed by atoms with Gasteiger partial charge in [0.1, 0.15) is 0 Å². The number of hydrogen-bond donors (Lipinski definition) is 5. The number of carboxylic acids is 2. The Bertz CT molecular complexity index is 1150. The van der Waals surface area contributed by atoms with E-state index in [1.165, 1.54) is 24.3 Å².